The number of anilines is 1. The Balaban J connectivity index is 2.02. The third-order valence-corrected chi connectivity index (χ3v) is 9.26. The van der Waals surface area contributed by atoms with Crippen LogP contribution in [0.3, 0.4) is 0 Å². The minimum atomic E-state index is -1.79. The second kappa shape index (κ2) is 6.57. The summed E-state index contributed by atoms with van der Waals surface area (Å²) < 4.78 is 6.37. The molecule has 0 bridgehead atoms. The van der Waals surface area contributed by atoms with Crippen LogP contribution >= 0.6 is 0 Å². The maximum atomic E-state index is 12.2. The first-order valence-electron chi connectivity index (χ1n) is 8.22. The van der Waals surface area contributed by atoms with Gasteiger partial charge in [0.05, 0.1) is 17.8 Å². The van der Waals surface area contributed by atoms with E-state index in [2.05, 4.69) is 45.9 Å². The summed E-state index contributed by atoms with van der Waals surface area (Å²) in [5.41, 5.74) is 1.73. The normalized spacial score (nSPS) is 17.4. The molecule has 2 rings (SSSR count). The number of rotatable bonds is 5. The molecule has 0 saturated heterocycles. The van der Waals surface area contributed by atoms with E-state index in [0.717, 1.165) is 11.4 Å². The van der Waals surface area contributed by atoms with Crippen LogP contribution in [0.25, 0.3) is 0 Å². The van der Waals surface area contributed by atoms with Gasteiger partial charge in [0.2, 0.25) is 0 Å². The Morgan fingerprint density at radius 1 is 1.26 bits per heavy atom. The fourth-order valence-corrected chi connectivity index (χ4v) is 3.86. The highest BCUT2D eigenvalue weighted by Gasteiger charge is 2.39. The van der Waals surface area contributed by atoms with Gasteiger partial charge >= 0.3 is 0 Å². The van der Waals surface area contributed by atoms with Crippen LogP contribution < -0.4 is 5.01 Å². The van der Waals surface area contributed by atoms with Gasteiger partial charge in [-0.25, -0.2) is 5.01 Å². The lowest BCUT2D eigenvalue weighted by atomic mass is 10.1. The summed E-state index contributed by atoms with van der Waals surface area (Å²) in [6, 6.07) is 9.57. The molecule has 0 aliphatic carbocycles. The Bertz CT molecular complexity index is 591. The monoisotopic (exact) mass is 332 g/mol. The van der Waals surface area contributed by atoms with Crippen molar-refractivity contribution in [3.05, 3.63) is 30.3 Å². The van der Waals surface area contributed by atoms with E-state index in [4.69, 9.17) is 4.43 Å². The van der Waals surface area contributed by atoms with Crippen molar-refractivity contribution < 1.29 is 9.22 Å². The number of para-hydroxylation sites is 1. The van der Waals surface area contributed by atoms with Gasteiger partial charge in [0.1, 0.15) is 0 Å². The molecule has 5 heteroatoms. The molecule has 1 aliphatic heterocycles. The zero-order chi connectivity index (χ0) is 17.3. The minimum Gasteiger partial charge on any atom is -0.414 e. The van der Waals surface area contributed by atoms with E-state index in [0.29, 0.717) is 12.8 Å². The predicted octanol–water partition coefficient (Wildman–Crippen LogP) is 4.58. The molecule has 0 saturated carbocycles. The number of hydrazone groups is 1. The van der Waals surface area contributed by atoms with E-state index in [1.165, 1.54) is 5.01 Å². The molecule has 23 heavy (non-hydrogen) atoms. The molecule has 0 N–H and O–H groups in total. The number of hydrogen-bond acceptors (Lipinski definition) is 3. The van der Waals surface area contributed by atoms with E-state index < -0.39 is 8.32 Å². The van der Waals surface area contributed by atoms with Crippen molar-refractivity contribution in [3.8, 4) is 0 Å². The molecule has 1 heterocycles. The van der Waals surface area contributed by atoms with Crippen LogP contribution in [0.5, 0.6) is 0 Å². The number of carbonyl (C=O) groups excluding carboxylic acids is 1. The van der Waals surface area contributed by atoms with Crippen molar-refractivity contribution >= 4 is 25.6 Å². The molecule has 1 amide bonds. The molecule has 1 aromatic rings. The summed E-state index contributed by atoms with van der Waals surface area (Å²) in [6.45, 7) is 13.3. The summed E-state index contributed by atoms with van der Waals surface area (Å²) in [6.07, 6.45) is 1.18. The Morgan fingerprint density at radius 3 is 2.43 bits per heavy atom. The first kappa shape index (κ1) is 17.9. The Kier molecular flexibility index (Phi) is 5.11. The SMILES string of the molecule is CC(CC1=NN(c2ccccc2)C(=O)C1)O[Si](C)(C)C(C)(C)C. The van der Waals surface area contributed by atoms with Gasteiger partial charge in [0.25, 0.3) is 5.91 Å². The molecule has 4 nitrogen and oxygen atoms in total. The third-order valence-electron chi connectivity index (χ3n) is 4.66. The van der Waals surface area contributed by atoms with Gasteiger partial charge in [0, 0.05) is 12.5 Å². The Morgan fingerprint density at radius 2 is 1.87 bits per heavy atom. The number of carbonyl (C=O) groups is 1. The number of nitrogens with zero attached hydrogens (tertiary/aromatic N) is 2. The highest BCUT2D eigenvalue weighted by molar-refractivity contribution is 6.74. The average molecular weight is 333 g/mol. The van der Waals surface area contributed by atoms with Gasteiger partial charge in [-0.15, -0.1) is 0 Å². The fourth-order valence-electron chi connectivity index (χ4n) is 2.42. The first-order valence-corrected chi connectivity index (χ1v) is 11.1. The highest BCUT2D eigenvalue weighted by Crippen LogP contribution is 2.37. The third kappa shape index (κ3) is 4.29. The molecule has 1 unspecified atom stereocenters. The quantitative estimate of drug-likeness (QED) is 0.741. The summed E-state index contributed by atoms with van der Waals surface area (Å²) in [5.74, 6) is 0.0331. The predicted molar refractivity (Wildman–Crippen MR) is 98.3 cm³/mol. The second-order valence-electron chi connectivity index (χ2n) is 7.78. The second-order valence-corrected chi connectivity index (χ2v) is 12.5. The summed E-state index contributed by atoms with van der Waals surface area (Å²) in [7, 11) is -1.79. The minimum absolute atomic E-state index is 0.0331. The van der Waals surface area contributed by atoms with Crippen LogP contribution in [-0.2, 0) is 9.22 Å². The molecule has 0 radical (unpaired) electrons. The van der Waals surface area contributed by atoms with Crippen molar-refractivity contribution in [3.63, 3.8) is 0 Å². The van der Waals surface area contributed by atoms with Gasteiger partial charge in [-0.2, -0.15) is 5.10 Å². The van der Waals surface area contributed by atoms with E-state index in [1.807, 2.05) is 30.3 Å². The summed E-state index contributed by atoms with van der Waals surface area (Å²) >= 11 is 0. The van der Waals surface area contributed by atoms with Gasteiger partial charge in [-0.3, -0.25) is 4.79 Å². The van der Waals surface area contributed by atoms with Crippen LogP contribution in [-0.4, -0.2) is 26.0 Å². The lowest BCUT2D eigenvalue weighted by molar-refractivity contribution is -0.116. The fraction of sp³-hybridized carbons (Fsp3) is 0.556. The van der Waals surface area contributed by atoms with Gasteiger partial charge in [-0.05, 0) is 37.2 Å². The molecule has 0 spiro atoms. The van der Waals surface area contributed by atoms with Crippen LogP contribution in [0.2, 0.25) is 18.1 Å². The van der Waals surface area contributed by atoms with Crippen molar-refractivity contribution in [2.75, 3.05) is 5.01 Å². The largest absolute Gasteiger partial charge is 0.414 e. The smallest absolute Gasteiger partial charge is 0.253 e. The van der Waals surface area contributed by atoms with E-state index in [1.54, 1.807) is 0 Å². The molecular formula is C18H28N2O2Si. The van der Waals surface area contributed by atoms with E-state index in [-0.39, 0.29) is 17.0 Å². The van der Waals surface area contributed by atoms with Crippen LogP contribution in [0.15, 0.2) is 35.4 Å². The van der Waals surface area contributed by atoms with Crippen molar-refractivity contribution in [2.24, 2.45) is 5.10 Å². The number of benzene rings is 1. The molecule has 1 aliphatic rings. The van der Waals surface area contributed by atoms with Crippen molar-refractivity contribution in [2.45, 2.75) is 64.8 Å². The molecule has 126 valence electrons. The van der Waals surface area contributed by atoms with Crippen molar-refractivity contribution in [1.82, 2.24) is 0 Å². The van der Waals surface area contributed by atoms with Crippen LogP contribution in [0.4, 0.5) is 5.69 Å². The maximum Gasteiger partial charge on any atom is 0.253 e. The standard InChI is InChI=1S/C18H28N2O2Si/c1-14(22-23(5,6)18(2,3)4)12-15-13-17(21)20(19-15)16-10-8-7-9-11-16/h7-11,14H,12-13H2,1-6H3. The van der Waals surface area contributed by atoms with Crippen LogP contribution in [0, 0.1) is 0 Å². The molecule has 0 fully saturated rings. The molecule has 0 aromatic heterocycles. The zero-order valence-electron chi connectivity index (χ0n) is 15.1. The van der Waals surface area contributed by atoms with E-state index in [9.17, 15) is 4.79 Å². The zero-order valence-corrected chi connectivity index (χ0v) is 16.1. The first-order chi connectivity index (χ1) is 10.6. The highest BCUT2D eigenvalue weighted by atomic mass is 28.4. The number of hydrogen-bond donors (Lipinski definition) is 0. The number of amides is 1. The van der Waals surface area contributed by atoms with Gasteiger partial charge in [-0.1, -0.05) is 39.0 Å². The lowest BCUT2D eigenvalue weighted by Crippen LogP contribution is -2.43. The Labute approximate surface area is 140 Å². The summed E-state index contributed by atoms with van der Waals surface area (Å²) in [4.78, 5) is 12.2. The Hall–Kier alpha value is -1.46. The summed E-state index contributed by atoms with van der Waals surface area (Å²) in [5, 5.41) is 6.20. The van der Waals surface area contributed by atoms with Crippen LogP contribution in [0.1, 0.15) is 40.5 Å². The van der Waals surface area contributed by atoms with Gasteiger partial charge < -0.3 is 4.43 Å². The maximum absolute atomic E-state index is 12.2. The lowest BCUT2D eigenvalue weighted by Gasteiger charge is -2.38. The van der Waals surface area contributed by atoms with Gasteiger partial charge in [0.15, 0.2) is 8.32 Å². The average Bonchev–Trinajstić information content (AvgIpc) is 2.78. The molecule has 1 aromatic carbocycles. The molecular weight excluding hydrogens is 304 g/mol. The van der Waals surface area contributed by atoms with E-state index >= 15 is 0 Å². The molecule has 1 atom stereocenters. The van der Waals surface area contributed by atoms with Crippen molar-refractivity contribution in [1.29, 1.82) is 0 Å². The topological polar surface area (TPSA) is 41.9 Å².